The first kappa shape index (κ1) is 22.9. The molecule has 1 aliphatic rings. The summed E-state index contributed by atoms with van der Waals surface area (Å²) in [7, 11) is -1.75. The standard InChI is InChI=1S/C21H26FN3O5S/c1-14(2)11-24(15-8-9-31(28,29)13-15)21(27)12-25-20(26)7-6-19(23-25)17-5-4-16(30-3)10-18(17)22/h4-7,10,14-15H,8-9,11-13H2,1-3H3. The number of halogens is 1. The Labute approximate surface area is 180 Å². The lowest BCUT2D eigenvalue weighted by Crippen LogP contribution is -2.46. The number of hydrogen-bond donors (Lipinski definition) is 0. The third-order valence-electron chi connectivity index (χ3n) is 5.14. The van der Waals surface area contributed by atoms with Crippen molar-refractivity contribution in [3.8, 4) is 17.0 Å². The number of benzene rings is 1. The molecule has 1 aliphatic heterocycles. The van der Waals surface area contributed by atoms with E-state index in [1.165, 1.54) is 36.3 Å². The summed E-state index contributed by atoms with van der Waals surface area (Å²) in [5.74, 6) is -0.523. The number of methoxy groups -OCH3 is 1. The molecule has 10 heteroatoms. The highest BCUT2D eigenvalue weighted by Crippen LogP contribution is 2.24. The highest BCUT2D eigenvalue weighted by Gasteiger charge is 2.35. The van der Waals surface area contributed by atoms with Gasteiger partial charge in [0.15, 0.2) is 9.84 Å². The monoisotopic (exact) mass is 451 g/mol. The average Bonchev–Trinajstić information content (AvgIpc) is 3.07. The van der Waals surface area contributed by atoms with Crippen LogP contribution in [0.3, 0.4) is 0 Å². The number of amides is 1. The van der Waals surface area contributed by atoms with E-state index in [4.69, 9.17) is 4.74 Å². The first-order valence-corrected chi connectivity index (χ1v) is 11.8. The molecule has 1 aromatic heterocycles. The van der Waals surface area contributed by atoms with Gasteiger partial charge in [0.1, 0.15) is 18.1 Å². The van der Waals surface area contributed by atoms with Crippen LogP contribution in [0.2, 0.25) is 0 Å². The van der Waals surface area contributed by atoms with E-state index in [2.05, 4.69) is 5.10 Å². The number of ether oxygens (including phenoxy) is 1. The maximum atomic E-state index is 14.4. The Balaban J connectivity index is 1.87. The summed E-state index contributed by atoms with van der Waals surface area (Å²) < 4.78 is 44.2. The van der Waals surface area contributed by atoms with E-state index >= 15 is 0 Å². The van der Waals surface area contributed by atoms with Crippen LogP contribution in [-0.4, -0.2) is 60.2 Å². The normalized spacial score (nSPS) is 17.6. The molecule has 1 saturated heterocycles. The second kappa shape index (κ2) is 9.17. The van der Waals surface area contributed by atoms with Crippen LogP contribution in [0.1, 0.15) is 20.3 Å². The van der Waals surface area contributed by atoms with Gasteiger partial charge in [-0.05, 0) is 30.5 Å². The number of rotatable bonds is 7. The summed E-state index contributed by atoms with van der Waals surface area (Å²) in [5.41, 5.74) is -0.135. The molecule has 1 aromatic carbocycles. The van der Waals surface area contributed by atoms with Crippen molar-refractivity contribution in [1.82, 2.24) is 14.7 Å². The van der Waals surface area contributed by atoms with E-state index in [9.17, 15) is 22.4 Å². The predicted molar refractivity (Wildman–Crippen MR) is 114 cm³/mol. The fraction of sp³-hybridized carbons (Fsp3) is 0.476. The lowest BCUT2D eigenvalue weighted by molar-refractivity contribution is -0.134. The van der Waals surface area contributed by atoms with Crippen LogP contribution in [0.4, 0.5) is 4.39 Å². The van der Waals surface area contributed by atoms with Gasteiger partial charge in [-0.2, -0.15) is 5.10 Å². The van der Waals surface area contributed by atoms with Crippen LogP contribution < -0.4 is 10.3 Å². The fourth-order valence-electron chi connectivity index (χ4n) is 3.62. The summed E-state index contributed by atoms with van der Waals surface area (Å²) in [6, 6.07) is 6.48. The van der Waals surface area contributed by atoms with E-state index in [-0.39, 0.29) is 35.2 Å². The Morgan fingerprint density at radius 1 is 1.32 bits per heavy atom. The summed E-state index contributed by atoms with van der Waals surface area (Å²) >= 11 is 0. The van der Waals surface area contributed by atoms with Gasteiger partial charge in [-0.1, -0.05) is 13.8 Å². The number of nitrogens with zero attached hydrogens (tertiary/aromatic N) is 3. The topological polar surface area (TPSA) is 98.6 Å². The lowest BCUT2D eigenvalue weighted by Gasteiger charge is -2.30. The molecule has 2 heterocycles. The van der Waals surface area contributed by atoms with Crippen LogP contribution in [0, 0.1) is 11.7 Å². The number of hydrogen-bond acceptors (Lipinski definition) is 6. The summed E-state index contributed by atoms with van der Waals surface area (Å²) in [4.78, 5) is 26.9. The van der Waals surface area contributed by atoms with Crippen LogP contribution in [-0.2, 0) is 21.2 Å². The SMILES string of the molecule is COc1ccc(-c2ccc(=O)n(CC(=O)N(CC(C)C)C3CCS(=O)(=O)C3)n2)c(F)c1. The zero-order valence-electron chi connectivity index (χ0n) is 17.7. The Bertz CT molecular complexity index is 1130. The molecule has 0 aliphatic carbocycles. The quantitative estimate of drug-likeness (QED) is 0.636. The van der Waals surface area contributed by atoms with Gasteiger partial charge in [0.25, 0.3) is 5.56 Å². The minimum Gasteiger partial charge on any atom is -0.497 e. The largest absolute Gasteiger partial charge is 0.497 e. The Hall–Kier alpha value is -2.75. The highest BCUT2D eigenvalue weighted by atomic mass is 32.2. The minimum atomic E-state index is -3.17. The van der Waals surface area contributed by atoms with E-state index in [0.29, 0.717) is 18.7 Å². The Morgan fingerprint density at radius 2 is 2.06 bits per heavy atom. The van der Waals surface area contributed by atoms with Gasteiger partial charge >= 0.3 is 0 Å². The van der Waals surface area contributed by atoms with Gasteiger partial charge in [-0.15, -0.1) is 0 Å². The molecule has 1 fully saturated rings. The van der Waals surface area contributed by atoms with Gasteiger partial charge in [0.05, 0.1) is 24.3 Å². The second-order valence-electron chi connectivity index (χ2n) is 8.06. The minimum absolute atomic E-state index is 0.0456. The third-order valence-corrected chi connectivity index (χ3v) is 6.89. The molecular formula is C21H26FN3O5S. The molecule has 3 rings (SSSR count). The van der Waals surface area contributed by atoms with Crippen molar-refractivity contribution in [3.05, 3.63) is 46.5 Å². The fourth-order valence-corrected chi connectivity index (χ4v) is 5.36. The Kier molecular flexibility index (Phi) is 6.78. The van der Waals surface area contributed by atoms with Crippen molar-refractivity contribution in [2.75, 3.05) is 25.2 Å². The van der Waals surface area contributed by atoms with Gasteiger partial charge < -0.3 is 9.64 Å². The molecular weight excluding hydrogens is 425 g/mol. The van der Waals surface area contributed by atoms with Crippen LogP contribution in [0.5, 0.6) is 5.75 Å². The molecule has 0 saturated carbocycles. The predicted octanol–water partition coefficient (Wildman–Crippen LogP) is 1.73. The van der Waals surface area contributed by atoms with E-state index in [0.717, 1.165) is 4.68 Å². The second-order valence-corrected chi connectivity index (χ2v) is 10.3. The molecule has 2 aromatic rings. The first-order chi connectivity index (χ1) is 14.6. The summed E-state index contributed by atoms with van der Waals surface area (Å²) in [6.07, 6.45) is 0.375. The highest BCUT2D eigenvalue weighted by molar-refractivity contribution is 7.91. The molecule has 1 atom stereocenters. The van der Waals surface area contributed by atoms with Gasteiger partial charge in [0, 0.05) is 30.3 Å². The Morgan fingerprint density at radius 3 is 2.65 bits per heavy atom. The van der Waals surface area contributed by atoms with Gasteiger partial charge in [0.2, 0.25) is 5.91 Å². The first-order valence-electron chi connectivity index (χ1n) is 10.0. The van der Waals surface area contributed by atoms with E-state index < -0.39 is 33.2 Å². The van der Waals surface area contributed by atoms with Gasteiger partial charge in [-0.3, -0.25) is 9.59 Å². The van der Waals surface area contributed by atoms with Crippen molar-refractivity contribution >= 4 is 15.7 Å². The number of aromatic nitrogens is 2. The molecule has 168 valence electrons. The number of carbonyl (C=O) groups excluding carboxylic acids is 1. The van der Waals surface area contributed by atoms with Crippen molar-refractivity contribution in [2.24, 2.45) is 5.92 Å². The molecule has 0 radical (unpaired) electrons. The van der Waals surface area contributed by atoms with Crippen LogP contribution in [0.15, 0.2) is 35.1 Å². The smallest absolute Gasteiger partial charge is 0.267 e. The average molecular weight is 452 g/mol. The lowest BCUT2D eigenvalue weighted by atomic mass is 10.1. The van der Waals surface area contributed by atoms with Crippen molar-refractivity contribution in [2.45, 2.75) is 32.9 Å². The molecule has 0 bridgehead atoms. The molecule has 1 unspecified atom stereocenters. The van der Waals surface area contributed by atoms with E-state index in [1.807, 2.05) is 13.8 Å². The summed E-state index contributed by atoms with van der Waals surface area (Å²) in [6.45, 7) is 3.89. The summed E-state index contributed by atoms with van der Waals surface area (Å²) in [5, 5.41) is 4.17. The molecule has 0 spiro atoms. The van der Waals surface area contributed by atoms with Gasteiger partial charge in [-0.25, -0.2) is 17.5 Å². The molecule has 1 amide bonds. The zero-order chi connectivity index (χ0) is 22.8. The molecule has 31 heavy (non-hydrogen) atoms. The molecule has 0 N–H and O–H groups in total. The van der Waals surface area contributed by atoms with Crippen LogP contribution in [0.25, 0.3) is 11.3 Å². The molecule has 8 nitrogen and oxygen atoms in total. The van der Waals surface area contributed by atoms with Crippen molar-refractivity contribution in [3.63, 3.8) is 0 Å². The third kappa shape index (κ3) is 5.49. The zero-order valence-corrected chi connectivity index (χ0v) is 18.6. The number of carbonyl (C=O) groups is 1. The maximum Gasteiger partial charge on any atom is 0.267 e. The van der Waals surface area contributed by atoms with Crippen molar-refractivity contribution in [1.29, 1.82) is 0 Å². The van der Waals surface area contributed by atoms with E-state index in [1.54, 1.807) is 6.07 Å². The number of sulfone groups is 1. The maximum absolute atomic E-state index is 14.4. The van der Waals surface area contributed by atoms with Crippen molar-refractivity contribution < 1.29 is 22.3 Å². The van der Waals surface area contributed by atoms with Crippen LogP contribution >= 0.6 is 0 Å².